The molecule has 0 radical (unpaired) electrons. The molecule has 1 heterocycles. The van der Waals surface area contributed by atoms with Crippen LogP contribution in [0.1, 0.15) is 50.8 Å². The fraction of sp³-hybridized carbons (Fsp3) is 0.667. The lowest BCUT2D eigenvalue weighted by Gasteiger charge is -2.16. The molecule has 1 atom stereocenters. The molecule has 3 nitrogen and oxygen atoms in total. The molecule has 0 amide bonds. The number of pyridine rings is 1. The molecule has 2 N–H and O–H groups in total. The Morgan fingerprint density at radius 2 is 2.11 bits per heavy atom. The van der Waals surface area contributed by atoms with Crippen molar-refractivity contribution in [1.29, 1.82) is 0 Å². The quantitative estimate of drug-likeness (QED) is 0.768. The van der Waals surface area contributed by atoms with E-state index in [0.717, 1.165) is 24.3 Å². The summed E-state index contributed by atoms with van der Waals surface area (Å²) in [4.78, 5) is 4.43. The van der Waals surface area contributed by atoms with E-state index in [1.54, 1.807) is 0 Å². The number of unbranched alkanes of at least 4 members (excludes halogenated alkanes) is 1. The first-order valence-corrected chi connectivity index (χ1v) is 7.00. The third kappa shape index (κ3) is 4.65. The Labute approximate surface area is 111 Å². The molecule has 0 spiro atoms. The van der Waals surface area contributed by atoms with Crippen LogP contribution < -0.4 is 10.5 Å². The van der Waals surface area contributed by atoms with Crippen molar-refractivity contribution in [2.75, 3.05) is 6.61 Å². The van der Waals surface area contributed by atoms with Gasteiger partial charge in [0.2, 0.25) is 5.88 Å². The highest BCUT2D eigenvalue weighted by Gasteiger charge is 2.10. The summed E-state index contributed by atoms with van der Waals surface area (Å²) in [5.74, 6) is 1.34. The van der Waals surface area contributed by atoms with Crippen molar-refractivity contribution in [2.45, 2.75) is 53.0 Å². The lowest BCUT2D eigenvalue weighted by molar-refractivity contribution is 0.223. The Kier molecular flexibility index (Phi) is 6.73. The predicted octanol–water partition coefficient (Wildman–Crippen LogP) is 3.44. The number of hydrogen-bond acceptors (Lipinski definition) is 3. The van der Waals surface area contributed by atoms with Gasteiger partial charge in [-0.3, -0.25) is 0 Å². The van der Waals surface area contributed by atoms with Gasteiger partial charge in [-0.15, -0.1) is 0 Å². The summed E-state index contributed by atoms with van der Waals surface area (Å²) in [6, 6.07) is 3.98. The molecule has 102 valence electrons. The maximum absolute atomic E-state index is 5.87. The molecule has 18 heavy (non-hydrogen) atoms. The van der Waals surface area contributed by atoms with E-state index in [-0.39, 0.29) is 0 Å². The van der Waals surface area contributed by atoms with Crippen LogP contribution in [0.4, 0.5) is 0 Å². The molecule has 0 aliphatic heterocycles. The van der Waals surface area contributed by atoms with Crippen LogP contribution in [-0.2, 0) is 6.54 Å². The molecule has 0 fully saturated rings. The van der Waals surface area contributed by atoms with Gasteiger partial charge >= 0.3 is 0 Å². The molecule has 1 unspecified atom stereocenters. The van der Waals surface area contributed by atoms with E-state index < -0.39 is 0 Å². The van der Waals surface area contributed by atoms with Crippen LogP contribution in [0, 0.1) is 12.8 Å². The lowest BCUT2D eigenvalue weighted by Crippen LogP contribution is -2.14. The van der Waals surface area contributed by atoms with Crippen molar-refractivity contribution in [1.82, 2.24) is 4.98 Å². The van der Waals surface area contributed by atoms with E-state index in [2.05, 4.69) is 18.8 Å². The van der Waals surface area contributed by atoms with Gasteiger partial charge in [0.05, 0.1) is 6.61 Å². The topological polar surface area (TPSA) is 48.1 Å². The van der Waals surface area contributed by atoms with Gasteiger partial charge in [0.25, 0.3) is 0 Å². The van der Waals surface area contributed by atoms with E-state index in [9.17, 15) is 0 Å². The molecule has 0 aromatic carbocycles. The van der Waals surface area contributed by atoms with Gasteiger partial charge in [-0.25, -0.2) is 4.98 Å². The van der Waals surface area contributed by atoms with Crippen LogP contribution in [0.2, 0.25) is 0 Å². The van der Waals surface area contributed by atoms with Crippen molar-refractivity contribution >= 4 is 0 Å². The Balaban J connectivity index is 2.57. The zero-order valence-corrected chi connectivity index (χ0v) is 11.9. The summed E-state index contributed by atoms with van der Waals surface area (Å²) >= 11 is 0. The molecule has 0 aliphatic rings. The van der Waals surface area contributed by atoms with Crippen molar-refractivity contribution in [3.63, 3.8) is 0 Å². The second-order valence-electron chi connectivity index (χ2n) is 4.85. The monoisotopic (exact) mass is 250 g/mol. The zero-order valence-electron chi connectivity index (χ0n) is 11.9. The summed E-state index contributed by atoms with van der Waals surface area (Å²) in [7, 11) is 0. The average Bonchev–Trinajstić information content (AvgIpc) is 2.39. The minimum absolute atomic E-state index is 0.481. The van der Waals surface area contributed by atoms with Gasteiger partial charge in [0.15, 0.2) is 0 Å². The summed E-state index contributed by atoms with van der Waals surface area (Å²) in [6.07, 6.45) is 4.90. The summed E-state index contributed by atoms with van der Waals surface area (Å²) in [6.45, 7) is 7.65. The molecule has 0 aliphatic carbocycles. The third-order valence-corrected chi connectivity index (χ3v) is 3.30. The number of rotatable bonds is 8. The fourth-order valence-electron chi connectivity index (χ4n) is 1.94. The molecule has 1 aromatic heterocycles. The Morgan fingerprint density at radius 1 is 1.33 bits per heavy atom. The molecule has 0 saturated heterocycles. The number of aryl methyl sites for hydroxylation is 1. The molecular weight excluding hydrogens is 224 g/mol. The second kappa shape index (κ2) is 8.09. The van der Waals surface area contributed by atoms with Crippen LogP contribution in [-0.4, -0.2) is 11.6 Å². The number of ether oxygens (including phenoxy) is 1. The molecule has 3 heteroatoms. The number of aromatic nitrogens is 1. The van der Waals surface area contributed by atoms with E-state index in [4.69, 9.17) is 10.5 Å². The summed E-state index contributed by atoms with van der Waals surface area (Å²) in [5.41, 5.74) is 7.67. The summed E-state index contributed by atoms with van der Waals surface area (Å²) in [5, 5.41) is 0. The van der Waals surface area contributed by atoms with Crippen LogP contribution in [0.3, 0.4) is 0 Å². The minimum atomic E-state index is 0.481. The van der Waals surface area contributed by atoms with Crippen molar-refractivity contribution < 1.29 is 4.74 Å². The SMILES string of the molecule is CCCCC(CC)COc1nc(C)ccc1CN. The van der Waals surface area contributed by atoms with Gasteiger partial charge in [-0.05, 0) is 25.3 Å². The average molecular weight is 250 g/mol. The number of hydrogen-bond donors (Lipinski definition) is 1. The standard InChI is InChI=1S/C15H26N2O/c1-4-6-7-13(5-2)11-18-15-14(10-16)9-8-12(3)17-15/h8-9,13H,4-7,10-11,16H2,1-3H3. The molecule has 1 aromatic rings. The number of nitrogens with zero attached hydrogens (tertiary/aromatic N) is 1. The molecule has 1 rings (SSSR count). The van der Waals surface area contributed by atoms with Crippen molar-refractivity contribution in [3.05, 3.63) is 23.4 Å². The first kappa shape index (κ1) is 15.0. The molecule has 0 saturated carbocycles. The van der Waals surface area contributed by atoms with Crippen LogP contribution in [0.5, 0.6) is 5.88 Å². The van der Waals surface area contributed by atoms with Crippen LogP contribution in [0.15, 0.2) is 12.1 Å². The zero-order chi connectivity index (χ0) is 13.4. The Bertz CT molecular complexity index is 352. The Hall–Kier alpha value is -1.09. The van der Waals surface area contributed by atoms with Gasteiger partial charge in [-0.2, -0.15) is 0 Å². The van der Waals surface area contributed by atoms with E-state index in [0.29, 0.717) is 18.3 Å². The highest BCUT2D eigenvalue weighted by Crippen LogP contribution is 2.19. The third-order valence-electron chi connectivity index (χ3n) is 3.30. The predicted molar refractivity (Wildman–Crippen MR) is 75.7 cm³/mol. The highest BCUT2D eigenvalue weighted by molar-refractivity contribution is 5.27. The Morgan fingerprint density at radius 3 is 2.72 bits per heavy atom. The van der Waals surface area contributed by atoms with E-state index in [1.165, 1.54) is 19.3 Å². The largest absolute Gasteiger partial charge is 0.477 e. The normalized spacial score (nSPS) is 12.4. The van der Waals surface area contributed by atoms with Crippen molar-refractivity contribution in [3.8, 4) is 5.88 Å². The van der Waals surface area contributed by atoms with Gasteiger partial charge < -0.3 is 10.5 Å². The van der Waals surface area contributed by atoms with E-state index >= 15 is 0 Å². The first-order chi connectivity index (χ1) is 8.71. The van der Waals surface area contributed by atoms with Crippen LogP contribution >= 0.6 is 0 Å². The lowest BCUT2D eigenvalue weighted by atomic mass is 10.0. The number of nitrogens with two attached hydrogens (primary N) is 1. The first-order valence-electron chi connectivity index (χ1n) is 7.00. The minimum Gasteiger partial charge on any atom is -0.477 e. The van der Waals surface area contributed by atoms with Crippen molar-refractivity contribution in [2.24, 2.45) is 11.7 Å². The maximum atomic E-state index is 5.87. The second-order valence-corrected chi connectivity index (χ2v) is 4.85. The smallest absolute Gasteiger partial charge is 0.218 e. The molecule has 0 bridgehead atoms. The van der Waals surface area contributed by atoms with Gasteiger partial charge in [-0.1, -0.05) is 39.2 Å². The van der Waals surface area contributed by atoms with E-state index in [1.807, 2.05) is 19.1 Å². The van der Waals surface area contributed by atoms with Crippen LogP contribution in [0.25, 0.3) is 0 Å². The fourth-order valence-corrected chi connectivity index (χ4v) is 1.94. The molecular formula is C15H26N2O. The summed E-state index contributed by atoms with van der Waals surface area (Å²) < 4.78 is 5.87. The van der Waals surface area contributed by atoms with Gasteiger partial charge in [0.1, 0.15) is 0 Å². The van der Waals surface area contributed by atoms with Gasteiger partial charge in [0, 0.05) is 17.8 Å². The maximum Gasteiger partial charge on any atom is 0.218 e. The highest BCUT2D eigenvalue weighted by atomic mass is 16.5.